The Balaban J connectivity index is 1.37. The summed E-state index contributed by atoms with van der Waals surface area (Å²) >= 11 is 0. The molecule has 2 aliphatic heterocycles. The van der Waals surface area contributed by atoms with Gasteiger partial charge in [-0.05, 0) is 75.4 Å². The van der Waals surface area contributed by atoms with Gasteiger partial charge in [0.1, 0.15) is 17.5 Å². The standard InChI is InChI=1S/C24H29N3O4/c1-24(2,3)31-23(29)27-10-8-15(9-11-27)21-13-18-12-16(5-7-20(18)30-21)19-6-4-17(14-26-19)22(25)28/h4-7,12,14-15,21H,8-11,13H2,1-3H3,(H2,25,28). The minimum atomic E-state index is -0.484. The number of nitrogens with two attached hydrogens (primary N) is 1. The number of likely N-dealkylation sites (tertiary alicyclic amines) is 1. The number of nitrogens with zero attached hydrogens (tertiary/aromatic N) is 2. The molecule has 0 bridgehead atoms. The molecule has 1 aromatic carbocycles. The second-order valence-electron chi connectivity index (χ2n) is 9.28. The van der Waals surface area contributed by atoms with Gasteiger partial charge in [-0.3, -0.25) is 9.78 Å². The SMILES string of the molecule is CC(C)(C)OC(=O)N1CCC(C2Cc3cc(-c4ccc(C(N)=O)cn4)ccc3O2)CC1. The van der Waals surface area contributed by atoms with E-state index in [1.165, 1.54) is 6.20 Å². The zero-order valence-electron chi connectivity index (χ0n) is 18.3. The lowest BCUT2D eigenvalue weighted by Crippen LogP contribution is -2.44. The monoisotopic (exact) mass is 423 g/mol. The van der Waals surface area contributed by atoms with Crippen molar-refractivity contribution in [1.29, 1.82) is 0 Å². The van der Waals surface area contributed by atoms with E-state index < -0.39 is 11.5 Å². The lowest BCUT2D eigenvalue weighted by molar-refractivity contribution is 0.0123. The lowest BCUT2D eigenvalue weighted by Gasteiger charge is -2.35. The summed E-state index contributed by atoms with van der Waals surface area (Å²) in [6.45, 7) is 7.04. The first-order chi connectivity index (χ1) is 14.7. The number of carbonyl (C=O) groups excluding carboxylic acids is 2. The molecule has 1 atom stereocenters. The smallest absolute Gasteiger partial charge is 0.410 e. The van der Waals surface area contributed by atoms with Gasteiger partial charge >= 0.3 is 6.09 Å². The molecule has 1 saturated heterocycles. The van der Waals surface area contributed by atoms with Gasteiger partial charge in [-0.2, -0.15) is 0 Å². The molecule has 2 aliphatic rings. The van der Waals surface area contributed by atoms with Crippen molar-refractivity contribution in [1.82, 2.24) is 9.88 Å². The predicted octanol–water partition coefficient (Wildman–Crippen LogP) is 3.80. The van der Waals surface area contributed by atoms with Crippen LogP contribution in [0.4, 0.5) is 4.79 Å². The number of primary amides is 1. The summed E-state index contributed by atoms with van der Waals surface area (Å²) in [5.74, 6) is 0.835. The Morgan fingerprint density at radius 2 is 1.90 bits per heavy atom. The number of hydrogen-bond donors (Lipinski definition) is 1. The van der Waals surface area contributed by atoms with Crippen LogP contribution >= 0.6 is 0 Å². The Kier molecular flexibility index (Phi) is 5.60. The maximum atomic E-state index is 12.3. The molecule has 3 heterocycles. The number of hydrogen-bond acceptors (Lipinski definition) is 5. The summed E-state index contributed by atoms with van der Waals surface area (Å²) < 4.78 is 11.7. The van der Waals surface area contributed by atoms with E-state index in [9.17, 15) is 9.59 Å². The van der Waals surface area contributed by atoms with E-state index in [1.54, 1.807) is 11.0 Å². The minimum absolute atomic E-state index is 0.122. The van der Waals surface area contributed by atoms with Gasteiger partial charge in [0, 0.05) is 31.3 Å². The van der Waals surface area contributed by atoms with E-state index >= 15 is 0 Å². The van der Waals surface area contributed by atoms with Crippen LogP contribution in [-0.2, 0) is 11.2 Å². The molecule has 0 radical (unpaired) electrons. The fourth-order valence-corrected chi connectivity index (χ4v) is 4.19. The third-order valence-corrected chi connectivity index (χ3v) is 5.82. The molecule has 164 valence electrons. The molecular weight excluding hydrogens is 394 g/mol. The Labute approximate surface area is 182 Å². The first-order valence-electron chi connectivity index (χ1n) is 10.7. The van der Waals surface area contributed by atoms with E-state index in [-0.39, 0.29) is 12.2 Å². The molecule has 0 spiro atoms. The van der Waals surface area contributed by atoms with Gasteiger partial charge in [0.15, 0.2) is 0 Å². The van der Waals surface area contributed by atoms with Crippen LogP contribution in [0.15, 0.2) is 36.5 Å². The number of pyridine rings is 1. The Morgan fingerprint density at radius 3 is 2.52 bits per heavy atom. The van der Waals surface area contributed by atoms with Crippen LogP contribution in [0.3, 0.4) is 0 Å². The Morgan fingerprint density at radius 1 is 1.16 bits per heavy atom. The van der Waals surface area contributed by atoms with Crippen molar-refractivity contribution in [2.24, 2.45) is 11.7 Å². The van der Waals surface area contributed by atoms with Gasteiger partial charge in [0.2, 0.25) is 5.91 Å². The molecule has 7 nitrogen and oxygen atoms in total. The number of fused-ring (bicyclic) bond motifs is 1. The topological polar surface area (TPSA) is 94.8 Å². The van der Waals surface area contributed by atoms with Gasteiger partial charge in [0.05, 0.1) is 11.3 Å². The first kappa shape index (κ1) is 21.2. The number of benzene rings is 1. The second-order valence-corrected chi connectivity index (χ2v) is 9.28. The van der Waals surface area contributed by atoms with E-state index in [0.29, 0.717) is 24.6 Å². The molecule has 1 fully saturated rings. The molecule has 0 saturated carbocycles. The predicted molar refractivity (Wildman–Crippen MR) is 117 cm³/mol. The quantitative estimate of drug-likeness (QED) is 0.810. The van der Waals surface area contributed by atoms with Gasteiger partial charge < -0.3 is 20.1 Å². The minimum Gasteiger partial charge on any atom is -0.490 e. The van der Waals surface area contributed by atoms with Crippen molar-refractivity contribution < 1.29 is 19.1 Å². The van der Waals surface area contributed by atoms with Crippen molar-refractivity contribution in [3.8, 4) is 17.0 Å². The number of aromatic nitrogens is 1. The molecule has 2 N–H and O–H groups in total. The number of carbonyl (C=O) groups is 2. The zero-order chi connectivity index (χ0) is 22.2. The van der Waals surface area contributed by atoms with E-state index in [4.69, 9.17) is 15.2 Å². The van der Waals surface area contributed by atoms with Crippen LogP contribution in [0, 0.1) is 5.92 Å². The molecule has 2 amide bonds. The summed E-state index contributed by atoms with van der Waals surface area (Å²) in [5.41, 5.74) is 8.15. The highest BCUT2D eigenvalue weighted by Crippen LogP contribution is 2.37. The van der Waals surface area contributed by atoms with Gasteiger partial charge in [-0.15, -0.1) is 0 Å². The van der Waals surface area contributed by atoms with Gasteiger partial charge in [0.25, 0.3) is 0 Å². The van der Waals surface area contributed by atoms with Crippen molar-refractivity contribution in [3.63, 3.8) is 0 Å². The summed E-state index contributed by atoms with van der Waals surface area (Å²) in [4.78, 5) is 29.7. The molecule has 31 heavy (non-hydrogen) atoms. The summed E-state index contributed by atoms with van der Waals surface area (Å²) in [6.07, 6.45) is 4.04. The van der Waals surface area contributed by atoms with Crippen molar-refractivity contribution in [3.05, 3.63) is 47.7 Å². The van der Waals surface area contributed by atoms with Crippen molar-refractivity contribution in [2.45, 2.75) is 51.7 Å². The average molecular weight is 424 g/mol. The number of ether oxygens (including phenoxy) is 2. The molecular formula is C24H29N3O4. The van der Waals surface area contributed by atoms with Crippen LogP contribution in [0.2, 0.25) is 0 Å². The van der Waals surface area contributed by atoms with Crippen LogP contribution in [0.5, 0.6) is 5.75 Å². The van der Waals surface area contributed by atoms with Gasteiger partial charge in [-0.1, -0.05) is 0 Å². The number of piperidine rings is 1. The Bertz CT molecular complexity index is 973. The Hall–Kier alpha value is -3.09. The summed E-state index contributed by atoms with van der Waals surface area (Å²) in [6, 6.07) is 9.58. The average Bonchev–Trinajstić information content (AvgIpc) is 3.16. The highest BCUT2D eigenvalue weighted by atomic mass is 16.6. The van der Waals surface area contributed by atoms with Crippen molar-refractivity contribution >= 4 is 12.0 Å². The maximum Gasteiger partial charge on any atom is 0.410 e. The fraction of sp³-hybridized carbons (Fsp3) is 0.458. The first-order valence-corrected chi connectivity index (χ1v) is 10.7. The molecule has 1 aromatic heterocycles. The highest BCUT2D eigenvalue weighted by molar-refractivity contribution is 5.92. The van der Waals surface area contributed by atoms with Crippen LogP contribution in [0.25, 0.3) is 11.3 Å². The third-order valence-electron chi connectivity index (χ3n) is 5.82. The normalized spacial score (nSPS) is 18.9. The maximum absolute atomic E-state index is 12.3. The molecule has 4 rings (SSSR count). The zero-order valence-corrected chi connectivity index (χ0v) is 18.3. The largest absolute Gasteiger partial charge is 0.490 e. The van der Waals surface area contributed by atoms with E-state index in [2.05, 4.69) is 11.1 Å². The number of rotatable bonds is 3. The molecule has 0 aliphatic carbocycles. The fourth-order valence-electron chi connectivity index (χ4n) is 4.19. The summed E-state index contributed by atoms with van der Waals surface area (Å²) in [7, 11) is 0. The molecule has 1 unspecified atom stereocenters. The summed E-state index contributed by atoms with van der Waals surface area (Å²) in [5, 5.41) is 0. The number of amides is 2. The van der Waals surface area contributed by atoms with Crippen LogP contribution in [-0.4, -0.2) is 46.7 Å². The molecule has 2 aromatic rings. The third kappa shape index (κ3) is 4.81. The van der Waals surface area contributed by atoms with Crippen LogP contribution in [0.1, 0.15) is 49.5 Å². The van der Waals surface area contributed by atoms with E-state index in [1.807, 2.05) is 39.0 Å². The second kappa shape index (κ2) is 8.21. The van der Waals surface area contributed by atoms with Crippen molar-refractivity contribution in [2.75, 3.05) is 13.1 Å². The highest BCUT2D eigenvalue weighted by Gasteiger charge is 2.35. The molecule has 7 heteroatoms. The van der Waals surface area contributed by atoms with Crippen LogP contribution < -0.4 is 10.5 Å². The lowest BCUT2D eigenvalue weighted by atomic mass is 9.89. The van der Waals surface area contributed by atoms with E-state index in [0.717, 1.165) is 41.8 Å². The van der Waals surface area contributed by atoms with Gasteiger partial charge in [-0.25, -0.2) is 4.79 Å².